The van der Waals surface area contributed by atoms with Crippen LogP contribution in [0.15, 0.2) is 47.3 Å². The molecule has 1 fully saturated rings. The number of anilines is 1. The fourth-order valence-electron chi connectivity index (χ4n) is 4.85. The normalized spacial score (nSPS) is 24.8. The molecule has 1 unspecified atom stereocenters. The third kappa shape index (κ3) is 6.79. The van der Waals surface area contributed by atoms with Gasteiger partial charge in [-0.05, 0) is 52.0 Å². The highest BCUT2D eigenvalue weighted by atomic mass is 31.2. The van der Waals surface area contributed by atoms with Crippen LogP contribution in [0.3, 0.4) is 0 Å². The van der Waals surface area contributed by atoms with Gasteiger partial charge in [0.1, 0.15) is 35.1 Å². The van der Waals surface area contributed by atoms with Crippen LogP contribution in [-0.4, -0.2) is 68.2 Å². The molecule has 46 heavy (non-hydrogen) atoms. The van der Waals surface area contributed by atoms with Gasteiger partial charge in [0.25, 0.3) is 5.56 Å². The number of esters is 2. The largest absolute Gasteiger partial charge is 0.462 e. The summed E-state index contributed by atoms with van der Waals surface area (Å²) in [6, 6.07) is 11.5. The van der Waals surface area contributed by atoms with Gasteiger partial charge in [-0.15, -0.1) is 5.10 Å². The number of carbonyl (C=O) groups is 2. The lowest BCUT2D eigenvalue weighted by atomic mass is 9.80. The zero-order chi connectivity index (χ0) is 34.0. The number of rotatable bonds is 12. The summed E-state index contributed by atoms with van der Waals surface area (Å²) in [5.74, 6) is -2.27. The van der Waals surface area contributed by atoms with E-state index < -0.39 is 73.3 Å². The SMILES string of the molecule is CC(C)OC(=O)[C@H](C)NP(=O)(OC[C@H]1O[C@@](C#N)(c2ccc3c(=O)[nH]c(N)nn23)[C@](C)(O)[C@@H]1OC(=O)C(C)C)Oc1ccccc1. The highest BCUT2D eigenvalue weighted by Gasteiger charge is 2.67. The Morgan fingerprint density at radius 1 is 1.20 bits per heavy atom. The van der Waals surface area contributed by atoms with Crippen molar-refractivity contribution in [1.82, 2.24) is 19.7 Å². The monoisotopic (exact) mass is 660 g/mol. The molecule has 0 spiro atoms. The molecule has 1 aliphatic heterocycles. The number of hydrogen-bond donors (Lipinski definition) is 4. The maximum Gasteiger partial charge on any atom is 0.459 e. The summed E-state index contributed by atoms with van der Waals surface area (Å²) in [5, 5.41) is 29.2. The number of aromatic nitrogens is 3. The molecular formula is C29H37N6O10P. The third-order valence-corrected chi connectivity index (χ3v) is 8.78. The van der Waals surface area contributed by atoms with Gasteiger partial charge in [-0.3, -0.25) is 23.9 Å². The number of aromatic amines is 1. The first-order valence-corrected chi connectivity index (χ1v) is 15.9. The Hall–Kier alpha value is -4.26. The van der Waals surface area contributed by atoms with E-state index in [1.807, 2.05) is 6.07 Å². The maximum absolute atomic E-state index is 14.1. The second-order valence-corrected chi connectivity index (χ2v) is 13.2. The van der Waals surface area contributed by atoms with E-state index in [0.717, 1.165) is 4.52 Å². The second-order valence-electron chi connectivity index (χ2n) is 11.5. The van der Waals surface area contributed by atoms with Crippen molar-refractivity contribution < 1.29 is 42.5 Å². The molecule has 2 aromatic heterocycles. The summed E-state index contributed by atoms with van der Waals surface area (Å²) in [7, 11) is -4.45. The Morgan fingerprint density at radius 3 is 2.48 bits per heavy atom. The number of nitrogens with zero attached hydrogens (tertiary/aromatic N) is 3. The number of hydrogen-bond acceptors (Lipinski definition) is 13. The lowest BCUT2D eigenvalue weighted by molar-refractivity contribution is -0.168. The van der Waals surface area contributed by atoms with E-state index in [1.165, 1.54) is 38.1 Å². The number of nitrogens with two attached hydrogens (primary N) is 1. The van der Waals surface area contributed by atoms with Crippen molar-refractivity contribution in [2.75, 3.05) is 12.3 Å². The number of ether oxygens (including phenoxy) is 3. The summed E-state index contributed by atoms with van der Waals surface area (Å²) < 4.78 is 43.7. The molecule has 3 aromatic rings. The van der Waals surface area contributed by atoms with Gasteiger partial charge in [-0.25, -0.2) is 9.08 Å². The summed E-state index contributed by atoms with van der Waals surface area (Å²) in [6.07, 6.45) is -3.49. The molecule has 0 bridgehead atoms. The van der Waals surface area contributed by atoms with Crippen LogP contribution in [-0.2, 0) is 38.5 Å². The van der Waals surface area contributed by atoms with E-state index in [2.05, 4.69) is 15.2 Å². The molecule has 6 atom stereocenters. The Balaban J connectivity index is 1.74. The molecule has 248 valence electrons. The van der Waals surface area contributed by atoms with E-state index in [4.69, 9.17) is 29.0 Å². The zero-order valence-electron chi connectivity index (χ0n) is 26.1. The number of nitrogens with one attached hydrogen (secondary N) is 2. The number of aliphatic hydroxyl groups is 1. The number of nitriles is 1. The van der Waals surface area contributed by atoms with Gasteiger partial charge in [0, 0.05) is 0 Å². The number of H-pyrrole nitrogens is 1. The fraction of sp³-hybridized carbons (Fsp3) is 0.483. The number of carbonyl (C=O) groups excluding carboxylic acids is 2. The summed E-state index contributed by atoms with van der Waals surface area (Å²) in [6.45, 7) is 8.37. The first-order valence-electron chi connectivity index (χ1n) is 14.4. The van der Waals surface area contributed by atoms with Crippen LogP contribution in [0, 0.1) is 17.2 Å². The molecule has 17 heteroatoms. The predicted octanol–water partition coefficient (Wildman–Crippen LogP) is 2.17. The number of benzene rings is 1. The quantitative estimate of drug-likeness (QED) is 0.161. The Morgan fingerprint density at radius 2 is 1.87 bits per heavy atom. The van der Waals surface area contributed by atoms with E-state index in [0.29, 0.717) is 0 Å². The van der Waals surface area contributed by atoms with Crippen LogP contribution in [0.5, 0.6) is 5.75 Å². The average Bonchev–Trinajstić information content (AvgIpc) is 3.49. The molecule has 1 aromatic carbocycles. The maximum atomic E-state index is 14.1. The summed E-state index contributed by atoms with van der Waals surface area (Å²) in [5.41, 5.74) is 0.385. The van der Waals surface area contributed by atoms with Gasteiger partial charge >= 0.3 is 19.7 Å². The first-order chi connectivity index (χ1) is 21.5. The van der Waals surface area contributed by atoms with Crippen LogP contribution in [0.2, 0.25) is 0 Å². The van der Waals surface area contributed by atoms with Crippen LogP contribution in [0.4, 0.5) is 5.95 Å². The van der Waals surface area contributed by atoms with Gasteiger partial charge in [-0.2, -0.15) is 10.3 Å². The third-order valence-electron chi connectivity index (χ3n) is 7.14. The summed E-state index contributed by atoms with van der Waals surface area (Å²) >= 11 is 0. The van der Waals surface area contributed by atoms with Crippen LogP contribution in [0.1, 0.15) is 47.2 Å². The van der Waals surface area contributed by atoms with E-state index in [9.17, 15) is 29.3 Å². The minimum Gasteiger partial charge on any atom is -0.462 e. The van der Waals surface area contributed by atoms with Crippen molar-refractivity contribution in [3.05, 3.63) is 58.5 Å². The van der Waals surface area contributed by atoms with E-state index in [-0.39, 0.29) is 22.9 Å². The van der Waals surface area contributed by atoms with Gasteiger partial charge in [0.2, 0.25) is 11.5 Å². The number of nitrogen functional groups attached to an aromatic ring is 1. The van der Waals surface area contributed by atoms with Crippen LogP contribution in [0.25, 0.3) is 5.52 Å². The molecule has 5 N–H and O–H groups in total. The topological polar surface area (TPSA) is 230 Å². The van der Waals surface area contributed by atoms with E-state index in [1.54, 1.807) is 45.9 Å². The predicted molar refractivity (Wildman–Crippen MR) is 162 cm³/mol. The zero-order valence-corrected chi connectivity index (χ0v) is 27.0. The smallest absolute Gasteiger partial charge is 0.459 e. The standard InChI is InChI=1S/C29H37N6O10P/c1-16(2)25(37)43-23-21(14-41-46(40,45-19-10-8-7-9-11-19)34-18(5)26(38)42-17(3)4)44-29(15-30,28(23,6)39)22-13-12-20-24(36)32-27(31)33-35(20)22/h7-13,16-18,21,23,39H,14H2,1-6H3,(H,34,40)(H3,31,32,33,36)/t18-,21+,23+,28+,29-,46?/m0/s1. The first kappa shape index (κ1) is 34.6. The lowest BCUT2D eigenvalue weighted by Crippen LogP contribution is -2.54. The van der Waals surface area contributed by atoms with Crippen LogP contribution < -0.4 is 20.9 Å². The van der Waals surface area contributed by atoms with Crippen molar-refractivity contribution in [1.29, 1.82) is 5.26 Å². The second kappa shape index (κ2) is 13.2. The highest BCUT2D eigenvalue weighted by molar-refractivity contribution is 7.52. The molecule has 0 amide bonds. The van der Waals surface area contributed by atoms with Gasteiger partial charge in [0.05, 0.1) is 24.3 Å². The molecular weight excluding hydrogens is 623 g/mol. The van der Waals surface area contributed by atoms with E-state index >= 15 is 0 Å². The number of para-hydroxylation sites is 1. The lowest BCUT2D eigenvalue weighted by Gasteiger charge is -2.34. The van der Waals surface area contributed by atoms with Crippen molar-refractivity contribution in [3.8, 4) is 11.8 Å². The Bertz CT molecular complexity index is 1730. The Kier molecular flexibility index (Phi) is 9.95. The average molecular weight is 661 g/mol. The molecule has 0 radical (unpaired) electrons. The molecule has 3 heterocycles. The van der Waals surface area contributed by atoms with Crippen molar-refractivity contribution in [2.45, 2.75) is 77.1 Å². The molecule has 1 aliphatic rings. The fourth-order valence-corrected chi connectivity index (χ4v) is 6.36. The Labute approximate surface area is 264 Å². The highest BCUT2D eigenvalue weighted by Crippen LogP contribution is 2.51. The molecule has 0 saturated carbocycles. The molecule has 0 aliphatic carbocycles. The van der Waals surface area contributed by atoms with Gasteiger partial charge in [0.15, 0.2) is 6.10 Å². The molecule has 16 nitrogen and oxygen atoms in total. The molecule has 4 rings (SSSR count). The minimum atomic E-state index is -4.45. The van der Waals surface area contributed by atoms with Gasteiger partial charge < -0.3 is 29.6 Å². The van der Waals surface area contributed by atoms with Gasteiger partial charge in [-0.1, -0.05) is 32.0 Å². The van der Waals surface area contributed by atoms with Crippen molar-refractivity contribution >= 4 is 31.2 Å². The number of fused-ring (bicyclic) bond motifs is 1. The van der Waals surface area contributed by atoms with Crippen molar-refractivity contribution in [2.24, 2.45) is 5.92 Å². The van der Waals surface area contributed by atoms with Crippen LogP contribution >= 0.6 is 7.75 Å². The molecule has 1 saturated heterocycles. The minimum absolute atomic E-state index is 0.0131. The van der Waals surface area contributed by atoms with Crippen molar-refractivity contribution in [3.63, 3.8) is 0 Å². The summed E-state index contributed by atoms with van der Waals surface area (Å²) in [4.78, 5) is 40.3.